The average Bonchev–Trinajstić information content (AvgIpc) is 2.24. The van der Waals surface area contributed by atoms with Crippen LogP contribution in [0.3, 0.4) is 0 Å². The lowest BCUT2D eigenvalue weighted by Gasteiger charge is -2.15. The van der Waals surface area contributed by atoms with Gasteiger partial charge in [-0.15, -0.1) is 0 Å². The van der Waals surface area contributed by atoms with Gasteiger partial charge in [0.1, 0.15) is 0 Å². The minimum absolute atomic E-state index is 0.263. The fourth-order valence-electron chi connectivity index (χ4n) is 1.82. The van der Waals surface area contributed by atoms with Crippen molar-refractivity contribution >= 4 is 11.6 Å². The molecule has 1 aromatic rings. The Labute approximate surface area is 103 Å². The number of aliphatic hydroxyl groups excluding tert-OH is 1. The SMILES string of the molecule is CC(C)CCC(CO)Cc1cccc(Cl)c1. The van der Waals surface area contributed by atoms with E-state index in [9.17, 15) is 5.11 Å². The normalized spacial score (nSPS) is 13.1. The molecule has 0 aromatic heterocycles. The standard InChI is InChI=1S/C14H21ClO/c1-11(2)6-7-13(10-16)8-12-4-3-5-14(15)9-12/h3-5,9,11,13,16H,6-8,10H2,1-2H3. The summed E-state index contributed by atoms with van der Waals surface area (Å²) >= 11 is 5.94. The molecule has 0 saturated carbocycles. The minimum atomic E-state index is 0.263. The highest BCUT2D eigenvalue weighted by molar-refractivity contribution is 6.30. The van der Waals surface area contributed by atoms with Crippen molar-refractivity contribution in [2.24, 2.45) is 11.8 Å². The van der Waals surface area contributed by atoms with Gasteiger partial charge < -0.3 is 5.11 Å². The molecule has 0 spiro atoms. The quantitative estimate of drug-likeness (QED) is 0.799. The molecule has 1 N–H and O–H groups in total. The number of aliphatic hydroxyl groups is 1. The van der Waals surface area contributed by atoms with Gasteiger partial charge in [0, 0.05) is 11.6 Å². The molecule has 0 amide bonds. The van der Waals surface area contributed by atoms with Crippen LogP contribution >= 0.6 is 11.6 Å². The summed E-state index contributed by atoms with van der Waals surface area (Å²) in [4.78, 5) is 0. The smallest absolute Gasteiger partial charge is 0.0462 e. The summed E-state index contributed by atoms with van der Waals surface area (Å²) in [6.45, 7) is 4.70. The van der Waals surface area contributed by atoms with Crippen molar-refractivity contribution in [2.45, 2.75) is 33.1 Å². The van der Waals surface area contributed by atoms with Gasteiger partial charge in [0.15, 0.2) is 0 Å². The van der Waals surface area contributed by atoms with E-state index in [0.29, 0.717) is 11.8 Å². The molecule has 0 aliphatic heterocycles. The first-order valence-corrected chi connectivity index (χ1v) is 6.35. The Morgan fingerprint density at radius 1 is 1.25 bits per heavy atom. The highest BCUT2D eigenvalue weighted by Gasteiger charge is 2.09. The molecule has 90 valence electrons. The molecular formula is C14H21ClO. The van der Waals surface area contributed by atoms with E-state index < -0.39 is 0 Å². The summed E-state index contributed by atoms with van der Waals surface area (Å²) in [6, 6.07) is 7.91. The van der Waals surface area contributed by atoms with E-state index in [4.69, 9.17) is 11.6 Å². The van der Waals surface area contributed by atoms with Gasteiger partial charge in [-0.2, -0.15) is 0 Å². The van der Waals surface area contributed by atoms with Crippen LogP contribution in [0, 0.1) is 11.8 Å². The van der Waals surface area contributed by atoms with Crippen LogP contribution in [0.1, 0.15) is 32.3 Å². The largest absolute Gasteiger partial charge is 0.396 e. The maximum absolute atomic E-state index is 9.34. The molecule has 0 aliphatic rings. The van der Waals surface area contributed by atoms with Crippen LogP contribution < -0.4 is 0 Å². The lowest BCUT2D eigenvalue weighted by Crippen LogP contribution is -2.10. The number of hydrogen-bond acceptors (Lipinski definition) is 1. The molecule has 0 saturated heterocycles. The molecule has 0 bridgehead atoms. The van der Waals surface area contributed by atoms with E-state index in [1.54, 1.807) is 0 Å². The van der Waals surface area contributed by atoms with Crippen molar-refractivity contribution in [3.63, 3.8) is 0 Å². The molecule has 2 heteroatoms. The first-order valence-electron chi connectivity index (χ1n) is 5.97. The molecule has 0 radical (unpaired) electrons. The van der Waals surface area contributed by atoms with Crippen molar-refractivity contribution in [1.29, 1.82) is 0 Å². The zero-order chi connectivity index (χ0) is 12.0. The Hall–Kier alpha value is -0.530. The van der Waals surface area contributed by atoms with E-state index >= 15 is 0 Å². The molecule has 1 nitrogen and oxygen atoms in total. The zero-order valence-corrected chi connectivity index (χ0v) is 10.9. The topological polar surface area (TPSA) is 20.2 Å². The number of rotatable bonds is 6. The van der Waals surface area contributed by atoms with E-state index in [2.05, 4.69) is 19.9 Å². The third-order valence-corrected chi connectivity index (χ3v) is 3.06. The number of halogens is 1. The molecule has 0 aliphatic carbocycles. The van der Waals surface area contributed by atoms with Crippen LogP contribution in [0.5, 0.6) is 0 Å². The van der Waals surface area contributed by atoms with Crippen LogP contribution in [-0.4, -0.2) is 11.7 Å². The summed E-state index contributed by atoms with van der Waals surface area (Å²) in [7, 11) is 0. The van der Waals surface area contributed by atoms with Gasteiger partial charge in [0.2, 0.25) is 0 Å². The monoisotopic (exact) mass is 240 g/mol. The minimum Gasteiger partial charge on any atom is -0.396 e. The van der Waals surface area contributed by atoms with Crippen molar-refractivity contribution in [1.82, 2.24) is 0 Å². The first-order chi connectivity index (χ1) is 7.61. The van der Waals surface area contributed by atoms with Crippen molar-refractivity contribution in [3.8, 4) is 0 Å². The fraction of sp³-hybridized carbons (Fsp3) is 0.571. The average molecular weight is 241 g/mol. The van der Waals surface area contributed by atoms with E-state index in [-0.39, 0.29) is 6.61 Å². The Morgan fingerprint density at radius 3 is 2.56 bits per heavy atom. The summed E-state index contributed by atoms with van der Waals surface area (Å²) < 4.78 is 0. The third kappa shape index (κ3) is 5.00. The van der Waals surface area contributed by atoms with Gasteiger partial charge in [-0.25, -0.2) is 0 Å². The van der Waals surface area contributed by atoms with Crippen molar-refractivity contribution in [2.75, 3.05) is 6.61 Å². The second-order valence-electron chi connectivity index (χ2n) is 4.85. The van der Waals surface area contributed by atoms with E-state index in [1.165, 1.54) is 12.0 Å². The Balaban J connectivity index is 2.49. The van der Waals surface area contributed by atoms with E-state index in [0.717, 1.165) is 17.9 Å². The molecule has 16 heavy (non-hydrogen) atoms. The molecule has 0 fully saturated rings. The summed E-state index contributed by atoms with van der Waals surface area (Å²) in [5.41, 5.74) is 1.22. The Morgan fingerprint density at radius 2 is 2.00 bits per heavy atom. The van der Waals surface area contributed by atoms with Gasteiger partial charge >= 0.3 is 0 Å². The number of benzene rings is 1. The second kappa shape index (κ2) is 6.93. The van der Waals surface area contributed by atoms with Gasteiger partial charge in [0.25, 0.3) is 0 Å². The number of hydrogen-bond donors (Lipinski definition) is 1. The Bertz CT molecular complexity index is 309. The fourth-order valence-corrected chi connectivity index (χ4v) is 2.04. The summed E-state index contributed by atoms with van der Waals surface area (Å²) in [6.07, 6.45) is 3.18. The van der Waals surface area contributed by atoms with Crippen LogP contribution in [0.25, 0.3) is 0 Å². The Kier molecular flexibility index (Phi) is 5.86. The van der Waals surface area contributed by atoms with Crippen molar-refractivity contribution in [3.05, 3.63) is 34.9 Å². The van der Waals surface area contributed by atoms with Crippen LogP contribution in [0.2, 0.25) is 5.02 Å². The first kappa shape index (κ1) is 13.5. The third-order valence-electron chi connectivity index (χ3n) is 2.82. The van der Waals surface area contributed by atoms with Crippen LogP contribution in [-0.2, 0) is 6.42 Å². The van der Waals surface area contributed by atoms with Gasteiger partial charge in [0.05, 0.1) is 0 Å². The maximum Gasteiger partial charge on any atom is 0.0462 e. The molecule has 1 unspecified atom stereocenters. The lowest BCUT2D eigenvalue weighted by molar-refractivity contribution is 0.211. The van der Waals surface area contributed by atoms with Gasteiger partial charge in [-0.05, 0) is 42.4 Å². The highest BCUT2D eigenvalue weighted by Crippen LogP contribution is 2.19. The molecule has 1 rings (SSSR count). The van der Waals surface area contributed by atoms with Gasteiger partial charge in [-0.3, -0.25) is 0 Å². The second-order valence-corrected chi connectivity index (χ2v) is 5.29. The lowest BCUT2D eigenvalue weighted by atomic mass is 9.92. The van der Waals surface area contributed by atoms with E-state index in [1.807, 2.05) is 18.2 Å². The summed E-state index contributed by atoms with van der Waals surface area (Å²) in [5.74, 6) is 1.06. The van der Waals surface area contributed by atoms with Gasteiger partial charge in [-0.1, -0.05) is 44.0 Å². The predicted molar refractivity (Wildman–Crippen MR) is 69.8 cm³/mol. The van der Waals surface area contributed by atoms with Crippen LogP contribution in [0.15, 0.2) is 24.3 Å². The molecule has 0 heterocycles. The molecular weight excluding hydrogens is 220 g/mol. The summed E-state index contributed by atoms with van der Waals surface area (Å²) in [5, 5.41) is 10.1. The zero-order valence-electron chi connectivity index (χ0n) is 10.1. The predicted octanol–water partition coefficient (Wildman–Crippen LogP) is 3.93. The maximum atomic E-state index is 9.34. The highest BCUT2D eigenvalue weighted by atomic mass is 35.5. The van der Waals surface area contributed by atoms with Crippen LogP contribution in [0.4, 0.5) is 0 Å². The van der Waals surface area contributed by atoms with Crippen molar-refractivity contribution < 1.29 is 5.11 Å². The molecule has 1 atom stereocenters. The molecule has 1 aromatic carbocycles.